The predicted molar refractivity (Wildman–Crippen MR) is 284 cm³/mol. The SMILES string of the molecule is C[Si](C)(C)CCOCCl.C[Si](C)(C)CCOCn1nc(-c2ccc(Br)cc2F)nc1C(F)(F)F.C[Si](C)(C)CCOCn1nc(C(F)(F)F)nc1-c1ccc(Br)cc1F.Fc1cc(Br)ccc1-c1n[nH]c(C(F)(F)F)n1. The number of hydrogen-bond acceptors (Lipinski definition) is 9. The Labute approximate surface area is 464 Å². The summed E-state index contributed by atoms with van der Waals surface area (Å²) in [6.45, 7) is 20.8. The van der Waals surface area contributed by atoms with Crippen molar-refractivity contribution in [1.82, 2.24) is 44.7 Å². The summed E-state index contributed by atoms with van der Waals surface area (Å²) in [5.41, 5.74) is -0.269. The van der Waals surface area contributed by atoms with Gasteiger partial charge < -0.3 is 14.2 Å². The molecule has 422 valence electrons. The molecule has 0 aliphatic carbocycles. The molecule has 3 aromatic heterocycles. The van der Waals surface area contributed by atoms with Gasteiger partial charge >= 0.3 is 18.5 Å². The molecule has 0 saturated carbocycles. The maximum absolute atomic E-state index is 14.1. The van der Waals surface area contributed by atoms with Crippen LogP contribution < -0.4 is 0 Å². The maximum Gasteiger partial charge on any atom is 0.453 e. The van der Waals surface area contributed by atoms with Gasteiger partial charge in [-0.2, -0.15) is 44.6 Å². The Morgan fingerprint density at radius 3 is 1.33 bits per heavy atom. The lowest BCUT2D eigenvalue weighted by molar-refractivity contribution is -0.150. The van der Waals surface area contributed by atoms with E-state index in [0.717, 1.165) is 41.6 Å². The van der Waals surface area contributed by atoms with Gasteiger partial charge in [0.1, 0.15) is 37.0 Å². The molecule has 0 saturated heterocycles. The van der Waals surface area contributed by atoms with E-state index in [1.54, 1.807) is 5.10 Å². The fourth-order valence-electron chi connectivity index (χ4n) is 5.52. The van der Waals surface area contributed by atoms with Crippen LogP contribution in [0.4, 0.5) is 52.7 Å². The molecule has 0 spiro atoms. The second-order valence-corrected chi connectivity index (χ2v) is 39.7. The summed E-state index contributed by atoms with van der Waals surface area (Å²) in [4.78, 5) is 10.1. The molecular formula is C45H55Br3ClF12N9O3Si3. The van der Waals surface area contributed by atoms with Crippen molar-refractivity contribution in [3.8, 4) is 34.2 Å². The zero-order valence-electron chi connectivity index (χ0n) is 42.4. The van der Waals surface area contributed by atoms with Crippen LogP contribution in [-0.2, 0) is 46.2 Å². The van der Waals surface area contributed by atoms with E-state index in [4.69, 9.17) is 25.8 Å². The first-order chi connectivity index (χ1) is 34.9. The average Bonchev–Trinajstić information content (AvgIpc) is 4.04. The van der Waals surface area contributed by atoms with E-state index in [1.165, 1.54) is 42.4 Å². The number of hydrogen-bond donors (Lipinski definition) is 1. The van der Waals surface area contributed by atoms with Gasteiger partial charge in [0.2, 0.25) is 11.6 Å². The van der Waals surface area contributed by atoms with Crippen molar-refractivity contribution >= 4 is 83.6 Å². The number of nitrogens with zero attached hydrogens (tertiary/aromatic N) is 8. The molecule has 0 atom stereocenters. The number of ether oxygens (including phenoxy) is 3. The Hall–Kier alpha value is -3.50. The fraction of sp³-hybridized carbons (Fsp3) is 0.467. The Morgan fingerprint density at radius 1 is 0.526 bits per heavy atom. The largest absolute Gasteiger partial charge is 0.453 e. The van der Waals surface area contributed by atoms with E-state index in [1.807, 2.05) is 0 Å². The zero-order valence-corrected chi connectivity index (χ0v) is 50.9. The third kappa shape index (κ3) is 23.5. The van der Waals surface area contributed by atoms with Crippen LogP contribution in [0.3, 0.4) is 0 Å². The monoisotopic (exact) mass is 1350 g/mol. The molecule has 1 N–H and O–H groups in total. The highest BCUT2D eigenvalue weighted by Gasteiger charge is 2.40. The highest BCUT2D eigenvalue weighted by molar-refractivity contribution is 9.11. The Morgan fingerprint density at radius 2 is 0.947 bits per heavy atom. The normalized spacial score (nSPS) is 12.4. The lowest BCUT2D eigenvalue weighted by Crippen LogP contribution is -2.23. The second-order valence-electron chi connectivity index (χ2n) is 19.9. The topological polar surface area (TPSA) is 131 Å². The van der Waals surface area contributed by atoms with Gasteiger partial charge in [0.15, 0.2) is 17.5 Å². The van der Waals surface area contributed by atoms with Crippen LogP contribution in [0.25, 0.3) is 34.2 Å². The van der Waals surface area contributed by atoms with Gasteiger partial charge in [-0.05, 0) is 72.7 Å². The first-order valence-electron chi connectivity index (χ1n) is 22.6. The van der Waals surface area contributed by atoms with E-state index < -0.39 is 77.7 Å². The van der Waals surface area contributed by atoms with Gasteiger partial charge in [-0.15, -0.1) is 10.2 Å². The number of alkyl halides is 10. The van der Waals surface area contributed by atoms with E-state index in [9.17, 15) is 52.7 Å². The Balaban J connectivity index is 0.000000282. The summed E-state index contributed by atoms with van der Waals surface area (Å²) < 4.78 is 175. The highest BCUT2D eigenvalue weighted by Crippen LogP contribution is 2.33. The van der Waals surface area contributed by atoms with Crippen molar-refractivity contribution in [2.45, 2.75) is 109 Å². The number of halogens is 16. The number of H-pyrrole nitrogens is 1. The van der Waals surface area contributed by atoms with Gasteiger partial charge in [-0.25, -0.2) is 37.5 Å². The molecule has 6 rings (SSSR count). The van der Waals surface area contributed by atoms with Gasteiger partial charge in [-0.3, -0.25) is 5.10 Å². The van der Waals surface area contributed by atoms with Crippen LogP contribution in [0.2, 0.25) is 77.1 Å². The Bertz CT molecular complexity index is 2780. The molecule has 3 aromatic carbocycles. The lowest BCUT2D eigenvalue weighted by Gasteiger charge is -2.15. The molecule has 3 heterocycles. The molecule has 12 nitrogen and oxygen atoms in total. The number of rotatable bonds is 17. The maximum atomic E-state index is 14.1. The number of aromatic nitrogens is 9. The van der Waals surface area contributed by atoms with Gasteiger partial charge in [0.25, 0.3) is 5.82 Å². The molecule has 0 aliphatic rings. The van der Waals surface area contributed by atoms with Crippen LogP contribution in [0, 0.1) is 17.5 Å². The molecule has 76 heavy (non-hydrogen) atoms. The minimum absolute atomic E-state index is 0.0694. The lowest BCUT2D eigenvalue weighted by atomic mass is 10.2. The van der Waals surface area contributed by atoms with Crippen molar-refractivity contribution < 1.29 is 66.9 Å². The van der Waals surface area contributed by atoms with Crippen molar-refractivity contribution in [1.29, 1.82) is 0 Å². The molecule has 6 aromatic rings. The van der Waals surface area contributed by atoms with E-state index in [0.29, 0.717) is 37.4 Å². The van der Waals surface area contributed by atoms with Gasteiger partial charge in [0.05, 0.1) is 16.7 Å². The quantitative estimate of drug-likeness (QED) is 0.0410. The standard InChI is InChI=1S/2C15H18BrF4N3OSi.C9H4BrF4N3.C6H15ClOSi/c1-25(2,3)7-6-24-9-23-13(21-14(22-23)15(18,19)20)11-5-4-10(16)8-12(11)17;1-25(2,3)7-6-24-9-23-14(15(18,19)20)21-13(22-23)11-5-4-10(16)8-12(11)17;10-4-1-2-5(6(11)3-4)7-15-8(17-16-7)9(12,13)14;1-9(2,3)5-4-8-6-7/h2*4-5,8H,6-7,9H2,1-3H3;1-3H,(H,15,16,17);4-6H2,1-3H3. The number of aromatic amines is 1. The van der Waals surface area contributed by atoms with Crippen LogP contribution in [-0.4, -0.2) is 94.8 Å². The van der Waals surface area contributed by atoms with E-state index in [-0.39, 0.29) is 47.6 Å². The molecular weight excluding hydrogens is 1300 g/mol. The van der Waals surface area contributed by atoms with Crippen molar-refractivity contribution in [3.63, 3.8) is 0 Å². The summed E-state index contributed by atoms with van der Waals surface area (Å²) in [7, 11) is -3.56. The van der Waals surface area contributed by atoms with Crippen LogP contribution >= 0.6 is 59.4 Å². The number of benzene rings is 3. The summed E-state index contributed by atoms with van der Waals surface area (Å²) >= 11 is 14.6. The summed E-state index contributed by atoms with van der Waals surface area (Å²) in [5.74, 6) is -6.77. The molecule has 0 unspecified atom stereocenters. The van der Waals surface area contributed by atoms with Crippen molar-refractivity contribution in [2.75, 3.05) is 25.9 Å². The average molecular weight is 1360 g/mol. The minimum Gasteiger partial charge on any atom is -0.366 e. The first-order valence-corrected chi connectivity index (χ1v) is 36.6. The molecule has 0 bridgehead atoms. The second kappa shape index (κ2) is 28.6. The van der Waals surface area contributed by atoms with Gasteiger partial charge in [-0.1, -0.05) is 118 Å². The smallest absolute Gasteiger partial charge is 0.366 e. The number of nitrogens with one attached hydrogen (secondary N) is 1. The molecule has 0 amide bonds. The summed E-state index contributed by atoms with van der Waals surface area (Å²) in [6, 6.07) is 15.1. The summed E-state index contributed by atoms with van der Waals surface area (Å²) in [6.07, 6.45) is -14.1. The van der Waals surface area contributed by atoms with E-state index in [2.05, 4.69) is 137 Å². The first kappa shape index (κ1) is 66.8. The fourth-order valence-corrected chi connectivity index (χ4v) is 8.90. The molecule has 31 heteroatoms. The van der Waals surface area contributed by atoms with Crippen LogP contribution in [0.1, 0.15) is 17.5 Å². The highest BCUT2D eigenvalue weighted by atomic mass is 79.9. The van der Waals surface area contributed by atoms with Gasteiger partial charge in [0, 0.05) is 57.5 Å². The van der Waals surface area contributed by atoms with Crippen LogP contribution in [0.5, 0.6) is 0 Å². The van der Waals surface area contributed by atoms with Crippen molar-refractivity contribution in [3.05, 3.63) is 103 Å². The minimum atomic E-state index is -4.72. The summed E-state index contributed by atoms with van der Waals surface area (Å²) in [5, 5.41) is 12.3. The third-order valence-electron chi connectivity index (χ3n) is 9.61. The van der Waals surface area contributed by atoms with Crippen LogP contribution in [0.15, 0.2) is 68.0 Å². The Kier molecular flexibility index (Phi) is 25.1. The molecule has 0 radical (unpaired) electrons. The van der Waals surface area contributed by atoms with E-state index >= 15 is 0 Å². The molecule has 0 fully saturated rings. The molecule has 0 aliphatic heterocycles. The van der Waals surface area contributed by atoms with Crippen molar-refractivity contribution in [2.24, 2.45) is 0 Å². The third-order valence-corrected chi connectivity index (χ3v) is 16.4. The predicted octanol–water partition coefficient (Wildman–Crippen LogP) is 16.3. The zero-order chi connectivity index (χ0) is 57.6.